The van der Waals surface area contributed by atoms with Gasteiger partial charge in [0.2, 0.25) is 0 Å². The summed E-state index contributed by atoms with van der Waals surface area (Å²) in [6, 6.07) is 7.63. The Bertz CT molecular complexity index is 602. The van der Waals surface area contributed by atoms with Gasteiger partial charge >= 0.3 is 0 Å². The van der Waals surface area contributed by atoms with E-state index in [4.69, 9.17) is 4.98 Å². The maximum absolute atomic E-state index is 4.87. The molecular weight excluding hydrogens is 258 g/mol. The third-order valence-corrected chi connectivity index (χ3v) is 4.90. The topological polar surface area (TPSA) is 31.9 Å². The van der Waals surface area contributed by atoms with Gasteiger partial charge in [-0.05, 0) is 56.8 Å². The first-order chi connectivity index (χ1) is 10.2. The molecule has 2 heterocycles. The van der Waals surface area contributed by atoms with Gasteiger partial charge in [-0.25, -0.2) is 4.98 Å². The molecule has 21 heavy (non-hydrogen) atoms. The Hall–Kier alpha value is -1.35. The van der Waals surface area contributed by atoms with Crippen LogP contribution in [0.2, 0.25) is 0 Å². The molecule has 1 aliphatic heterocycles. The lowest BCUT2D eigenvalue weighted by atomic mass is 9.96. The van der Waals surface area contributed by atoms with Gasteiger partial charge < -0.3 is 4.98 Å². The summed E-state index contributed by atoms with van der Waals surface area (Å²) in [7, 11) is 0. The Kier molecular flexibility index (Phi) is 4.29. The second kappa shape index (κ2) is 6.18. The zero-order valence-electron chi connectivity index (χ0n) is 13.5. The molecular formula is C18H27N3. The lowest BCUT2D eigenvalue weighted by Gasteiger charge is -2.39. The van der Waals surface area contributed by atoms with Gasteiger partial charge in [-0.15, -0.1) is 0 Å². The van der Waals surface area contributed by atoms with Crippen LogP contribution in [0.1, 0.15) is 63.4 Å². The van der Waals surface area contributed by atoms with Crippen molar-refractivity contribution in [2.75, 3.05) is 6.54 Å². The molecule has 0 radical (unpaired) electrons. The van der Waals surface area contributed by atoms with Crippen LogP contribution >= 0.6 is 0 Å². The minimum atomic E-state index is 0.433. The van der Waals surface area contributed by atoms with Crippen LogP contribution in [0.3, 0.4) is 0 Å². The van der Waals surface area contributed by atoms with Crippen molar-refractivity contribution in [2.45, 2.75) is 65.0 Å². The molecule has 1 fully saturated rings. The van der Waals surface area contributed by atoms with Gasteiger partial charge in [-0.1, -0.05) is 26.3 Å². The van der Waals surface area contributed by atoms with Gasteiger partial charge in [0.15, 0.2) is 0 Å². The molecule has 2 unspecified atom stereocenters. The molecule has 3 rings (SSSR count). The summed E-state index contributed by atoms with van der Waals surface area (Å²) in [5, 5.41) is 0. The van der Waals surface area contributed by atoms with Crippen molar-refractivity contribution in [1.82, 2.24) is 14.9 Å². The smallest absolute Gasteiger partial charge is 0.124 e. The average Bonchev–Trinajstić information content (AvgIpc) is 2.91. The van der Waals surface area contributed by atoms with E-state index >= 15 is 0 Å². The lowest BCUT2D eigenvalue weighted by Crippen LogP contribution is -2.41. The molecule has 3 nitrogen and oxygen atoms in total. The third-order valence-electron chi connectivity index (χ3n) is 4.90. The van der Waals surface area contributed by atoms with E-state index in [1.807, 2.05) is 0 Å². The highest BCUT2D eigenvalue weighted by Gasteiger charge is 2.29. The summed E-state index contributed by atoms with van der Waals surface area (Å²) < 4.78 is 0. The Morgan fingerprint density at radius 2 is 2.19 bits per heavy atom. The average molecular weight is 285 g/mol. The molecule has 2 atom stereocenters. The number of benzene rings is 1. The van der Waals surface area contributed by atoms with Crippen LogP contribution in [0, 0.1) is 6.92 Å². The highest BCUT2D eigenvalue weighted by atomic mass is 15.2. The summed E-state index contributed by atoms with van der Waals surface area (Å²) in [5.74, 6) is 1.15. The Labute approximate surface area is 127 Å². The molecule has 0 saturated carbocycles. The van der Waals surface area contributed by atoms with Gasteiger partial charge in [0, 0.05) is 6.04 Å². The molecule has 1 aromatic carbocycles. The van der Waals surface area contributed by atoms with Crippen molar-refractivity contribution < 1.29 is 0 Å². The summed E-state index contributed by atoms with van der Waals surface area (Å²) in [6.45, 7) is 7.95. The largest absolute Gasteiger partial charge is 0.341 e. The maximum Gasteiger partial charge on any atom is 0.124 e. The number of piperidine rings is 1. The van der Waals surface area contributed by atoms with E-state index in [0.717, 1.165) is 23.8 Å². The molecule has 1 aromatic heterocycles. The number of aromatic amines is 1. The molecule has 1 saturated heterocycles. The number of hydrogen-bond donors (Lipinski definition) is 1. The highest BCUT2D eigenvalue weighted by Crippen LogP contribution is 2.31. The number of fused-ring (bicyclic) bond motifs is 1. The molecule has 0 aliphatic carbocycles. The van der Waals surface area contributed by atoms with E-state index in [1.165, 1.54) is 43.3 Å². The Morgan fingerprint density at radius 1 is 1.33 bits per heavy atom. The summed E-state index contributed by atoms with van der Waals surface area (Å²) in [5.41, 5.74) is 3.56. The first kappa shape index (κ1) is 14.6. The summed E-state index contributed by atoms with van der Waals surface area (Å²) >= 11 is 0. The fraction of sp³-hybridized carbons (Fsp3) is 0.611. The second-order valence-corrected chi connectivity index (χ2v) is 6.36. The van der Waals surface area contributed by atoms with Crippen molar-refractivity contribution in [3.05, 3.63) is 29.6 Å². The minimum absolute atomic E-state index is 0.433. The number of likely N-dealkylation sites (tertiary alicyclic amines) is 1. The van der Waals surface area contributed by atoms with Crippen LogP contribution in [0.25, 0.3) is 11.0 Å². The molecule has 1 N–H and O–H groups in total. The van der Waals surface area contributed by atoms with Crippen LogP contribution in [0.5, 0.6) is 0 Å². The monoisotopic (exact) mass is 285 g/mol. The quantitative estimate of drug-likeness (QED) is 0.891. The van der Waals surface area contributed by atoms with Crippen molar-refractivity contribution >= 4 is 11.0 Å². The van der Waals surface area contributed by atoms with Crippen LogP contribution in [0.15, 0.2) is 18.2 Å². The second-order valence-electron chi connectivity index (χ2n) is 6.36. The van der Waals surface area contributed by atoms with Crippen molar-refractivity contribution in [3.8, 4) is 0 Å². The van der Waals surface area contributed by atoms with Gasteiger partial charge in [-0.2, -0.15) is 0 Å². The van der Waals surface area contributed by atoms with Crippen LogP contribution in [-0.2, 0) is 0 Å². The number of hydrogen-bond acceptors (Lipinski definition) is 2. The van der Waals surface area contributed by atoms with Gasteiger partial charge in [-0.3, -0.25) is 4.90 Å². The molecule has 114 valence electrons. The fourth-order valence-electron chi connectivity index (χ4n) is 3.76. The Morgan fingerprint density at radius 3 is 2.95 bits per heavy atom. The number of imidazole rings is 1. The maximum atomic E-state index is 4.87. The molecule has 2 aromatic rings. The molecule has 0 bridgehead atoms. The van der Waals surface area contributed by atoms with Gasteiger partial charge in [0.1, 0.15) is 5.82 Å². The Balaban J connectivity index is 1.93. The molecule has 3 heteroatoms. The van der Waals surface area contributed by atoms with E-state index in [0.29, 0.717) is 6.04 Å². The predicted octanol–water partition coefficient (Wildman–Crippen LogP) is 4.59. The first-order valence-electron chi connectivity index (χ1n) is 8.45. The van der Waals surface area contributed by atoms with Crippen LogP contribution < -0.4 is 0 Å². The normalized spacial score (nSPS) is 21.8. The van der Waals surface area contributed by atoms with Gasteiger partial charge in [0.05, 0.1) is 17.1 Å². The number of aromatic nitrogens is 2. The molecule has 1 aliphatic rings. The van der Waals surface area contributed by atoms with Gasteiger partial charge in [0.25, 0.3) is 0 Å². The fourth-order valence-corrected chi connectivity index (χ4v) is 3.76. The van der Waals surface area contributed by atoms with Crippen molar-refractivity contribution in [2.24, 2.45) is 0 Å². The zero-order valence-corrected chi connectivity index (χ0v) is 13.5. The third kappa shape index (κ3) is 2.84. The van der Waals surface area contributed by atoms with Crippen molar-refractivity contribution in [3.63, 3.8) is 0 Å². The zero-order chi connectivity index (χ0) is 14.8. The van der Waals surface area contributed by atoms with Crippen molar-refractivity contribution in [1.29, 1.82) is 0 Å². The number of H-pyrrole nitrogens is 1. The van der Waals surface area contributed by atoms with E-state index in [9.17, 15) is 0 Å². The summed E-state index contributed by atoms with van der Waals surface area (Å²) in [6.07, 6.45) is 6.41. The SMILES string of the molecule is CCC1CCCCN1C(CC)c1nc2ccc(C)cc2[nH]1. The van der Waals surface area contributed by atoms with E-state index in [1.54, 1.807) is 0 Å². The van der Waals surface area contributed by atoms with E-state index < -0.39 is 0 Å². The van der Waals surface area contributed by atoms with E-state index in [2.05, 4.69) is 48.9 Å². The van der Waals surface area contributed by atoms with E-state index in [-0.39, 0.29) is 0 Å². The predicted molar refractivity (Wildman–Crippen MR) is 88.5 cm³/mol. The highest BCUT2D eigenvalue weighted by molar-refractivity contribution is 5.75. The summed E-state index contributed by atoms with van der Waals surface area (Å²) in [4.78, 5) is 11.1. The number of aryl methyl sites for hydroxylation is 1. The lowest BCUT2D eigenvalue weighted by molar-refractivity contribution is 0.0848. The van der Waals surface area contributed by atoms with Crippen LogP contribution in [0.4, 0.5) is 0 Å². The number of rotatable bonds is 4. The minimum Gasteiger partial charge on any atom is -0.341 e. The first-order valence-corrected chi connectivity index (χ1v) is 8.45. The number of nitrogens with one attached hydrogen (secondary N) is 1. The molecule has 0 spiro atoms. The van der Waals surface area contributed by atoms with Crippen LogP contribution in [-0.4, -0.2) is 27.5 Å². The molecule has 0 amide bonds. The standard InChI is InChI=1S/C18H27N3/c1-4-14-8-6-7-11-21(14)17(5-2)18-19-15-10-9-13(3)12-16(15)20-18/h9-10,12,14,17H,4-8,11H2,1-3H3,(H,19,20). The number of nitrogens with zero attached hydrogens (tertiary/aromatic N) is 2.